The Hall–Kier alpha value is -0.730. The molecule has 1 aromatic heterocycles. The van der Waals surface area contributed by atoms with Crippen molar-refractivity contribution in [3.8, 4) is 0 Å². The highest BCUT2D eigenvalue weighted by Crippen LogP contribution is 2.18. The predicted octanol–water partition coefficient (Wildman–Crippen LogP) is -0.263. The molecule has 1 rings (SSSR count). The summed E-state index contributed by atoms with van der Waals surface area (Å²) >= 11 is 5.48. The smallest absolute Gasteiger partial charge is 0.222 e. The maximum Gasteiger partial charge on any atom is 0.248 e. The van der Waals surface area contributed by atoms with E-state index >= 15 is 0 Å². The molecule has 0 fully saturated rings. The van der Waals surface area contributed by atoms with Crippen molar-refractivity contribution in [2.45, 2.75) is 10.2 Å². The summed E-state index contributed by atoms with van der Waals surface area (Å²) in [5, 5.41) is -1.49. The minimum Gasteiger partial charge on any atom is -0.222 e. The van der Waals surface area contributed by atoms with Gasteiger partial charge in [0.25, 0.3) is 0 Å². The van der Waals surface area contributed by atoms with Gasteiger partial charge in [-0.25, -0.2) is 26.8 Å². The van der Waals surface area contributed by atoms with E-state index in [9.17, 15) is 16.8 Å². The van der Waals surface area contributed by atoms with Crippen LogP contribution in [0.1, 0.15) is 0 Å². The molecule has 0 amide bonds. The average molecular weight is 270 g/mol. The van der Waals surface area contributed by atoms with Crippen LogP contribution in [0.2, 0.25) is 5.02 Å². The molecule has 1 heterocycles. The van der Waals surface area contributed by atoms with Crippen LogP contribution in [0.15, 0.2) is 10.2 Å². The van der Waals surface area contributed by atoms with E-state index in [4.69, 9.17) is 11.6 Å². The molecule has 0 saturated carbocycles. The molecular formula is C6H6ClN2O4S2. The van der Waals surface area contributed by atoms with Crippen LogP contribution in [0, 0.1) is 6.20 Å². The number of rotatable bonds is 2. The molecule has 0 saturated heterocycles. The van der Waals surface area contributed by atoms with Gasteiger partial charge in [0.1, 0.15) is 11.2 Å². The molecule has 0 N–H and O–H groups in total. The summed E-state index contributed by atoms with van der Waals surface area (Å²) in [4.78, 5) is 6.67. The number of hydrogen-bond donors (Lipinski definition) is 0. The topological polar surface area (TPSA) is 94.1 Å². The third-order valence-corrected chi connectivity index (χ3v) is 3.54. The van der Waals surface area contributed by atoms with Crippen molar-refractivity contribution in [2.24, 2.45) is 0 Å². The second-order valence-electron chi connectivity index (χ2n) is 2.78. The van der Waals surface area contributed by atoms with Crippen molar-refractivity contribution in [3.05, 3.63) is 11.2 Å². The number of aromatic nitrogens is 2. The second kappa shape index (κ2) is 3.69. The monoisotopic (exact) mass is 269 g/mol. The molecule has 0 aliphatic carbocycles. The summed E-state index contributed by atoms with van der Waals surface area (Å²) in [5.41, 5.74) is 0. The van der Waals surface area contributed by atoms with Crippen molar-refractivity contribution in [1.29, 1.82) is 0 Å². The number of hydrogen-bond acceptors (Lipinski definition) is 6. The van der Waals surface area contributed by atoms with Crippen molar-refractivity contribution < 1.29 is 16.8 Å². The van der Waals surface area contributed by atoms with E-state index in [1.165, 1.54) is 0 Å². The molecule has 15 heavy (non-hydrogen) atoms. The summed E-state index contributed by atoms with van der Waals surface area (Å²) in [5.74, 6) is 0. The molecular weight excluding hydrogens is 264 g/mol. The molecule has 1 aromatic rings. The standard InChI is InChI=1S/C6H6ClN2O4S2/c1-14(10,11)5-4(7)3-8-6(9-5)15(2,12)13/h1-2H3. The fraction of sp³-hybridized carbons (Fsp3) is 0.333. The van der Waals surface area contributed by atoms with E-state index in [0.29, 0.717) is 0 Å². The normalized spacial score (nSPS) is 12.7. The zero-order valence-electron chi connectivity index (χ0n) is 7.72. The molecule has 0 aliphatic rings. The highest BCUT2D eigenvalue weighted by atomic mass is 35.5. The van der Waals surface area contributed by atoms with Crippen LogP contribution in [0.25, 0.3) is 0 Å². The van der Waals surface area contributed by atoms with Crippen LogP contribution in [0.5, 0.6) is 0 Å². The number of nitrogens with zero attached hydrogens (tertiary/aromatic N) is 2. The zero-order valence-corrected chi connectivity index (χ0v) is 10.1. The summed E-state index contributed by atoms with van der Waals surface area (Å²) in [6.07, 6.45) is 3.80. The van der Waals surface area contributed by atoms with E-state index in [2.05, 4.69) is 16.2 Å². The van der Waals surface area contributed by atoms with Crippen LogP contribution in [0.3, 0.4) is 0 Å². The van der Waals surface area contributed by atoms with Crippen molar-refractivity contribution in [3.63, 3.8) is 0 Å². The minimum absolute atomic E-state index is 0.329. The van der Waals surface area contributed by atoms with Gasteiger partial charge in [-0.15, -0.1) is 0 Å². The first kappa shape index (κ1) is 12.3. The Labute approximate surface area is 92.2 Å². The Kier molecular flexibility index (Phi) is 3.04. The van der Waals surface area contributed by atoms with Gasteiger partial charge in [-0.2, -0.15) is 0 Å². The second-order valence-corrected chi connectivity index (χ2v) is 7.00. The summed E-state index contributed by atoms with van der Waals surface area (Å²) in [6.45, 7) is 0. The third-order valence-electron chi connectivity index (χ3n) is 1.32. The molecule has 9 heteroatoms. The van der Waals surface area contributed by atoms with Gasteiger partial charge in [-0.1, -0.05) is 11.6 Å². The van der Waals surface area contributed by atoms with Crippen LogP contribution in [-0.2, 0) is 19.7 Å². The average Bonchev–Trinajstić information content (AvgIpc) is 2.00. The van der Waals surface area contributed by atoms with Crippen LogP contribution in [0.4, 0.5) is 0 Å². The van der Waals surface area contributed by atoms with E-state index in [1.807, 2.05) is 0 Å². The summed E-state index contributed by atoms with van der Waals surface area (Å²) < 4.78 is 44.4. The molecule has 0 spiro atoms. The Morgan fingerprint density at radius 3 is 2.07 bits per heavy atom. The Morgan fingerprint density at radius 1 is 1.13 bits per heavy atom. The molecule has 0 aromatic carbocycles. The van der Waals surface area contributed by atoms with E-state index < -0.39 is 29.9 Å². The van der Waals surface area contributed by atoms with Gasteiger partial charge in [0, 0.05) is 12.5 Å². The zero-order chi connectivity index (χ0) is 11.9. The largest absolute Gasteiger partial charge is 0.248 e. The molecule has 6 nitrogen and oxygen atoms in total. The molecule has 1 radical (unpaired) electrons. The highest BCUT2D eigenvalue weighted by molar-refractivity contribution is 7.91. The van der Waals surface area contributed by atoms with Crippen LogP contribution < -0.4 is 0 Å². The quantitative estimate of drug-likeness (QED) is 0.542. The van der Waals surface area contributed by atoms with Gasteiger partial charge >= 0.3 is 0 Å². The lowest BCUT2D eigenvalue weighted by Gasteiger charge is -2.01. The lowest BCUT2D eigenvalue weighted by molar-refractivity contribution is 0.585. The minimum atomic E-state index is -3.70. The fourth-order valence-electron chi connectivity index (χ4n) is 0.717. The SMILES string of the molecule is CS(=O)(=O)c1n[c]c(Cl)c(S(C)(=O)=O)n1. The lowest BCUT2D eigenvalue weighted by atomic mass is 10.7. The van der Waals surface area contributed by atoms with E-state index in [0.717, 1.165) is 12.5 Å². The Balaban J connectivity index is 3.57. The van der Waals surface area contributed by atoms with Gasteiger partial charge in [-0.05, 0) is 0 Å². The molecule has 0 bridgehead atoms. The Bertz CT molecular complexity index is 594. The number of sulfone groups is 2. The fourth-order valence-corrected chi connectivity index (χ4v) is 2.37. The first-order chi connectivity index (χ1) is 6.62. The maximum absolute atomic E-state index is 11.1. The predicted molar refractivity (Wildman–Crippen MR) is 52.1 cm³/mol. The van der Waals surface area contributed by atoms with Crippen LogP contribution in [-0.4, -0.2) is 39.3 Å². The van der Waals surface area contributed by atoms with Gasteiger partial charge in [0.05, 0.1) is 0 Å². The lowest BCUT2D eigenvalue weighted by Crippen LogP contribution is -2.09. The van der Waals surface area contributed by atoms with E-state index in [1.54, 1.807) is 0 Å². The van der Waals surface area contributed by atoms with Gasteiger partial charge in [0.2, 0.25) is 15.0 Å². The Morgan fingerprint density at radius 2 is 1.67 bits per heavy atom. The first-order valence-electron chi connectivity index (χ1n) is 3.47. The highest BCUT2D eigenvalue weighted by Gasteiger charge is 2.20. The maximum atomic E-state index is 11.1. The van der Waals surface area contributed by atoms with Gasteiger partial charge < -0.3 is 0 Å². The summed E-state index contributed by atoms with van der Waals surface area (Å²) in [7, 11) is -7.37. The molecule has 83 valence electrons. The van der Waals surface area contributed by atoms with Gasteiger partial charge in [-0.3, -0.25) is 0 Å². The van der Waals surface area contributed by atoms with Crippen molar-refractivity contribution in [2.75, 3.05) is 12.5 Å². The number of halogens is 1. The molecule has 0 unspecified atom stereocenters. The molecule has 0 atom stereocenters. The van der Waals surface area contributed by atoms with Crippen molar-refractivity contribution >= 4 is 31.3 Å². The van der Waals surface area contributed by atoms with Crippen molar-refractivity contribution in [1.82, 2.24) is 9.97 Å². The third kappa shape index (κ3) is 2.86. The van der Waals surface area contributed by atoms with E-state index in [-0.39, 0.29) is 5.02 Å². The molecule has 0 aliphatic heterocycles. The van der Waals surface area contributed by atoms with Crippen LogP contribution >= 0.6 is 11.6 Å². The summed E-state index contributed by atoms with van der Waals surface area (Å²) in [6, 6.07) is 0. The first-order valence-corrected chi connectivity index (χ1v) is 7.64. The van der Waals surface area contributed by atoms with Gasteiger partial charge in [0.15, 0.2) is 14.9 Å².